The molecule has 0 radical (unpaired) electrons. The molecule has 3 N–H and O–H groups in total. The van der Waals surface area contributed by atoms with Crippen LogP contribution >= 0.6 is 0 Å². The summed E-state index contributed by atoms with van der Waals surface area (Å²) in [5.41, 5.74) is 0.874. The van der Waals surface area contributed by atoms with Gasteiger partial charge < -0.3 is 10.4 Å². The smallest absolute Gasteiger partial charge is 0.253 e. The third-order valence-electron chi connectivity index (χ3n) is 4.02. The third-order valence-corrected chi connectivity index (χ3v) is 5.13. The normalized spacial score (nSPS) is 23.3. The Morgan fingerprint density at radius 1 is 1.50 bits per heavy atom. The zero-order valence-electron chi connectivity index (χ0n) is 12.9. The zero-order valence-corrected chi connectivity index (χ0v) is 13.7. The van der Waals surface area contributed by atoms with Gasteiger partial charge in [0.2, 0.25) is 11.2 Å². The highest BCUT2D eigenvalue weighted by Gasteiger charge is 2.32. The van der Waals surface area contributed by atoms with E-state index < -0.39 is 22.9 Å². The quantitative estimate of drug-likeness (QED) is 0.700. The molecule has 1 fully saturated rings. The van der Waals surface area contributed by atoms with Crippen molar-refractivity contribution in [2.45, 2.75) is 18.9 Å². The predicted octanol–water partition coefficient (Wildman–Crippen LogP) is 1.37. The van der Waals surface area contributed by atoms with E-state index in [2.05, 4.69) is 16.6 Å². The van der Waals surface area contributed by atoms with Gasteiger partial charge in [0.25, 0.3) is 5.91 Å². The van der Waals surface area contributed by atoms with E-state index in [-0.39, 0.29) is 24.0 Å². The second-order valence-corrected chi connectivity index (χ2v) is 6.79. The summed E-state index contributed by atoms with van der Waals surface area (Å²) in [6.07, 6.45) is 5.51. The number of amides is 1. The van der Waals surface area contributed by atoms with Gasteiger partial charge in [0.15, 0.2) is 5.82 Å². The molecular weight excluding hydrogens is 333 g/mol. The van der Waals surface area contributed by atoms with Gasteiger partial charge in [0, 0.05) is 18.2 Å². The number of benzene rings is 1. The summed E-state index contributed by atoms with van der Waals surface area (Å²) in [5.74, 6) is -1.52. The number of phenols is 1. The molecule has 2 heterocycles. The van der Waals surface area contributed by atoms with Crippen molar-refractivity contribution in [1.82, 2.24) is 10.0 Å². The lowest BCUT2D eigenvalue weighted by atomic mass is 10.0. The van der Waals surface area contributed by atoms with Crippen LogP contribution in [0.1, 0.15) is 18.4 Å². The molecule has 0 aromatic heterocycles. The van der Waals surface area contributed by atoms with Crippen LogP contribution in [0.15, 0.2) is 30.9 Å². The Kier molecular flexibility index (Phi) is 4.68. The maximum atomic E-state index is 15.0. The van der Waals surface area contributed by atoms with E-state index in [0.717, 1.165) is 22.7 Å². The first-order valence-electron chi connectivity index (χ1n) is 7.57. The summed E-state index contributed by atoms with van der Waals surface area (Å²) in [6.45, 7) is 3.93. The molecule has 0 bridgehead atoms. The first-order chi connectivity index (χ1) is 11.5. The molecule has 1 aromatic carbocycles. The third kappa shape index (κ3) is 3.07. The van der Waals surface area contributed by atoms with E-state index in [1.807, 2.05) is 12.2 Å². The number of hydrogen-bond acceptors (Lipinski definition) is 4. The number of anilines is 1. The predicted molar refractivity (Wildman–Crippen MR) is 90.9 cm³/mol. The Morgan fingerprint density at radius 3 is 2.96 bits per heavy atom. The number of carbonyl (C=O) groups is 1. The Hall–Kier alpha value is -2.19. The maximum Gasteiger partial charge on any atom is 0.253 e. The van der Waals surface area contributed by atoms with E-state index in [1.165, 1.54) is 12.1 Å². The van der Waals surface area contributed by atoms with Gasteiger partial charge in [-0.25, -0.2) is 8.60 Å². The number of halogens is 1. The Labute approximate surface area is 141 Å². The van der Waals surface area contributed by atoms with Crippen molar-refractivity contribution in [1.29, 1.82) is 0 Å². The molecule has 1 amide bonds. The van der Waals surface area contributed by atoms with E-state index >= 15 is 0 Å². The minimum absolute atomic E-state index is 0.138. The number of aromatic hydroxyl groups is 1. The average molecular weight is 351 g/mol. The highest BCUT2D eigenvalue weighted by molar-refractivity contribution is 7.85. The minimum Gasteiger partial charge on any atom is -0.506 e. The van der Waals surface area contributed by atoms with Gasteiger partial charge in [0.1, 0.15) is 18.0 Å². The van der Waals surface area contributed by atoms with Crippen molar-refractivity contribution in [3.05, 3.63) is 42.2 Å². The highest BCUT2D eigenvalue weighted by Crippen LogP contribution is 2.37. The van der Waals surface area contributed by atoms with E-state index in [1.54, 1.807) is 0 Å². The molecule has 0 saturated carbocycles. The second kappa shape index (κ2) is 6.74. The number of nitrogens with zero attached hydrogens (tertiary/aromatic N) is 1. The summed E-state index contributed by atoms with van der Waals surface area (Å²) in [7, 11) is 0. The van der Waals surface area contributed by atoms with Crippen LogP contribution in [-0.2, 0) is 16.0 Å². The summed E-state index contributed by atoms with van der Waals surface area (Å²) >= 11 is -1.90. The van der Waals surface area contributed by atoms with Gasteiger partial charge >= 0.3 is 0 Å². The molecule has 1 saturated heterocycles. The van der Waals surface area contributed by atoms with Crippen LogP contribution in [0.5, 0.6) is 5.75 Å². The lowest BCUT2D eigenvalue weighted by Crippen LogP contribution is -2.24. The van der Waals surface area contributed by atoms with Gasteiger partial charge in [-0.1, -0.05) is 12.2 Å². The van der Waals surface area contributed by atoms with Gasteiger partial charge in [-0.3, -0.25) is 13.8 Å². The summed E-state index contributed by atoms with van der Waals surface area (Å²) in [5, 5.41) is 13.3. The summed E-state index contributed by atoms with van der Waals surface area (Å²) < 4.78 is 30.0. The number of nitrogens with one attached hydrogen (secondary N) is 2. The molecule has 0 aliphatic carbocycles. The zero-order chi connectivity index (χ0) is 17.3. The molecule has 24 heavy (non-hydrogen) atoms. The monoisotopic (exact) mass is 351 g/mol. The largest absolute Gasteiger partial charge is 0.506 e. The molecule has 2 aliphatic heterocycles. The standard InChI is InChI=1S/C16H18FN3O3S/c1-2-3-4-11-7-10(8-18-11)12-5-6-13(21)16(15(12)17)20-9-14(22)19-24(20)23/h2,5-7,11,18,21H,1,3-4,8-9H2,(H,19,22). The molecule has 6 nitrogen and oxygen atoms in total. The van der Waals surface area contributed by atoms with E-state index in [4.69, 9.17) is 0 Å². The first-order valence-corrected chi connectivity index (χ1v) is 8.67. The van der Waals surface area contributed by atoms with Crippen molar-refractivity contribution in [2.24, 2.45) is 0 Å². The van der Waals surface area contributed by atoms with Crippen LogP contribution in [0.3, 0.4) is 0 Å². The van der Waals surface area contributed by atoms with Crippen molar-refractivity contribution < 1.29 is 18.5 Å². The van der Waals surface area contributed by atoms with Gasteiger partial charge in [-0.2, -0.15) is 0 Å². The lowest BCUT2D eigenvalue weighted by Gasteiger charge is -2.18. The number of carbonyl (C=O) groups excluding carboxylic acids is 1. The fourth-order valence-corrected chi connectivity index (χ4v) is 3.79. The van der Waals surface area contributed by atoms with Gasteiger partial charge in [-0.15, -0.1) is 6.58 Å². The molecular formula is C16H18FN3O3S. The summed E-state index contributed by atoms with van der Waals surface area (Å²) in [4.78, 5) is 11.4. The fourth-order valence-electron chi connectivity index (χ4n) is 2.84. The topological polar surface area (TPSA) is 81.7 Å². The number of allylic oxidation sites excluding steroid dienone is 1. The lowest BCUT2D eigenvalue weighted by molar-refractivity contribution is -0.117. The SMILES string of the molecule is C=CCCC1C=C(c2ccc(O)c(N3CC(=O)NS3=O)c2F)CN1. The van der Waals surface area contributed by atoms with Gasteiger partial charge in [-0.05, 0) is 30.5 Å². The molecule has 0 spiro atoms. The van der Waals surface area contributed by atoms with Crippen LogP contribution in [0.4, 0.5) is 10.1 Å². The van der Waals surface area contributed by atoms with Crippen LogP contribution in [-0.4, -0.2) is 34.4 Å². The molecule has 3 rings (SSSR count). The van der Waals surface area contributed by atoms with E-state index in [0.29, 0.717) is 12.1 Å². The number of rotatable bonds is 5. The van der Waals surface area contributed by atoms with Crippen molar-refractivity contribution in [3.63, 3.8) is 0 Å². The molecule has 1 aromatic rings. The van der Waals surface area contributed by atoms with Crippen LogP contribution in [0.25, 0.3) is 5.57 Å². The first kappa shape index (κ1) is 16.7. The molecule has 2 unspecified atom stereocenters. The van der Waals surface area contributed by atoms with Crippen molar-refractivity contribution >= 4 is 28.3 Å². The van der Waals surface area contributed by atoms with E-state index in [9.17, 15) is 18.5 Å². The molecule has 128 valence electrons. The van der Waals surface area contributed by atoms with Crippen molar-refractivity contribution in [2.75, 3.05) is 17.4 Å². The number of hydrogen-bond donors (Lipinski definition) is 3. The maximum absolute atomic E-state index is 15.0. The Bertz CT molecular complexity index is 750. The molecule has 2 atom stereocenters. The van der Waals surface area contributed by atoms with Crippen LogP contribution in [0.2, 0.25) is 0 Å². The van der Waals surface area contributed by atoms with Crippen LogP contribution < -0.4 is 14.3 Å². The van der Waals surface area contributed by atoms with Gasteiger partial charge in [0.05, 0.1) is 0 Å². The Morgan fingerprint density at radius 2 is 2.29 bits per heavy atom. The minimum atomic E-state index is -1.90. The molecule has 8 heteroatoms. The highest BCUT2D eigenvalue weighted by atomic mass is 32.2. The number of phenolic OH excluding ortho intramolecular Hbond substituents is 1. The second-order valence-electron chi connectivity index (χ2n) is 5.65. The average Bonchev–Trinajstić information content (AvgIpc) is 3.12. The fraction of sp³-hybridized carbons (Fsp3) is 0.312. The van der Waals surface area contributed by atoms with Crippen molar-refractivity contribution in [3.8, 4) is 5.75 Å². The Balaban J connectivity index is 1.94. The molecule has 2 aliphatic rings. The summed E-state index contributed by atoms with van der Waals surface area (Å²) in [6, 6.07) is 2.98. The van der Waals surface area contributed by atoms with Crippen LogP contribution in [0, 0.1) is 5.82 Å².